The lowest BCUT2D eigenvalue weighted by Gasteiger charge is -2.28. The van der Waals surface area contributed by atoms with Gasteiger partial charge in [-0.25, -0.2) is 0 Å². The van der Waals surface area contributed by atoms with Crippen LogP contribution < -0.4 is 5.32 Å². The van der Waals surface area contributed by atoms with Gasteiger partial charge < -0.3 is 5.32 Å². The molecule has 0 radical (unpaired) electrons. The molecule has 0 amide bonds. The number of hydrogen-bond acceptors (Lipinski definition) is 2. The molecule has 1 aliphatic heterocycles. The van der Waals surface area contributed by atoms with E-state index < -0.39 is 0 Å². The summed E-state index contributed by atoms with van der Waals surface area (Å²) in [4.78, 5) is 0. The first-order valence-electron chi connectivity index (χ1n) is 4.59. The van der Waals surface area contributed by atoms with Crippen molar-refractivity contribution in [2.24, 2.45) is 0 Å². The largest absolute Gasteiger partial charge is 0.310 e. The molecular formula is C11H12N2. The van der Waals surface area contributed by atoms with Crippen LogP contribution in [-0.4, -0.2) is 6.54 Å². The minimum Gasteiger partial charge on any atom is -0.310 e. The summed E-state index contributed by atoms with van der Waals surface area (Å²) < 4.78 is 0. The molecule has 1 aliphatic rings. The second-order valence-corrected chi connectivity index (χ2v) is 3.38. The Morgan fingerprint density at radius 1 is 1.54 bits per heavy atom. The minimum absolute atomic E-state index is 0.514. The van der Waals surface area contributed by atoms with Crippen LogP contribution in [0.5, 0.6) is 0 Å². The summed E-state index contributed by atoms with van der Waals surface area (Å²) in [6.07, 6.45) is 1.73. The van der Waals surface area contributed by atoms with Gasteiger partial charge in [0, 0.05) is 6.04 Å². The molecule has 0 aromatic heterocycles. The van der Waals surface area contributed by atoms with Crippen LogP contribution in [0.3, 0.4) is 0 Å². The third kappa shape index (κ3) is 1.71. The Hall–Kier alpha value is -1.33. The third-order valence-corrected chi connectivity index (χ3v) is 2.46. The maximum absolute atomic E-state index is 8.55. The van der Waals surface area contributed by atoms with E-state index in [1.807, 2.05) is 12.1 Å². The quantitative estimate of drug-likeness (QED) is 0.738. The van der Waals surface area contributed by atoms with Gasteiger partial charge in [0.25, 0.3) is 0 Å². The highest BCUT2D eigenvalue weighted by atomic mass is 15.0. The molecule has 1 aromatic carbocycles. The second kappa shape index (κ2) is 3.59. The van der Waals surface area contributed by atoms with Gasteiger partial charge >= 0.3 is 0 Å². The molecule has 66 valence electrons. The summed E-state index contributed by atoms with van der Waals surface area (Å²) >= 11 is 0. The highest BCUT2D eigenvalue weighted by Gasteiger charge is 2.17. The Balaban J connectivity index is 2.17. The molecule has 1 aromatic rings. The second-order valence-electron chi connectivity index (χ2n) is 3.38. The summed E-state index contributed by atoms with van der Waals surface area (Å²) in [6.45, 7) is 1.12. The van der Waals surface area contributed by atoms with Crippen LogP contribution in [0, 0.1) is 11.3 Å². The van der Waals surface area contributed by atoms with Crippen LogP contribution in [0.1, 0.15) is 23.6 Å². The number of rotatable bonds is 2. The van der Waals surface area contributed by atoms with E-state index in [0.717, 1.165) is 12.1 Å². The van der Waals surface area contributed by atoms with Crippen molar-refractivity contribution in [3.8, 4) is 6.07 Å². The van der Waals surface area contributed by atoms with Crippen molar-refractivity contribution in [1.82, 2.24) is 5.32 Å². The zero-order valence-electron chi connectivity index (χ0n) is 7.46. The van der Waals surface area contributed by atoms with Gasteiger partial charge in [-0.2, -0.15) is 5.26 Å². The van der Waals surface area contributed by atoms with Crippen molar-refractivity contribution in [2.45, 2.75) is 18.9 Å². The monoisotopic (exact) mass is 172 g/mol. The molecule has 0 bridgehead atoms. The standard InChI is InChI=1S/C11H12N2/c12-6-4-9-2-1-3-10(8-9)11-5-7-13-11/h1-3,8,11,13H,4-5,7H2/t11-/m1/s1. The lowest BCUT2D eigenvalue weighted by molar-refractivity contribution is 0.383. The van der Waals surface area contributed by atoms with Crippen molar-refractivity contribution in [3.63, 3.8) is 0 Å². The van der Waals surface area contributed by atoms with Crippen LogP contribution >= 0.6 is 0 Å². The normalized spacial score (nSPS) is 20.4. The predicted molar refractivity (Wildman–Crippen MR) is 51.1 cm³/mol. The molecule has 1 fully saturated rings. The topological polar surface area (TPSA) is 35.8 Å². The van der Waals surface area contributed by atoms with E-state index in [9.17, 15) is 0 Å². The Kier molecular flexibility index (Phi) is 2.29. The average molecular weight is 172 g/mol. The van der Waals surface area contributed by atoms with Crippen molar-refractivity contribution < 1.29 is 0 Å². The fourth-order valence-electron chi connectivity index (χ4n) is 1.58. The van der Waals surface area contributed by atoms with E-state index in [-0.39, 0.29) is 0 Å². The Labute approximate surface area is 78.2 Å². The molecular weight excluding hydrogens is 160 g/mol. The summed E-state index contributed by atoms with van der Waals surface area (Å²) in [6, 6.07) is 11.0. The van der Waals surface area contributed by atoms with Gasteiger partial charge in [0.1, 0.15) is 0 Å². The first kappa shape index (κ1) is 8.28. The first-order valence-corrected chi connectivity index (χ1v) is 4.59. The molecule has 0 spiro atoms. The predicted octanol–water partition coefficient (Wildman–Crippen LogP) is 1.79. The summed E-state index contributed by atoms with van der Waals surface area (Å²) in [7, 11) is 0. The molecule has 1 N–H and O–H groups in total. The molecule has 1 saturated heterocycles. The van der Waals surface area contributed by atoms with Crippen LogP contribution in [0.2, 0.25) is 0 Å². The van der Waals surface area contributed by atoms with Gasteiger partial charge in [-0.15, -0.1) is 0 Å². The summed E-state index contributed by atoms with van der Waals surface area (Å²) in [5.41, 5.74) is 2.44. The van der Waals surface area contributed by atoms with Gasteiger partial charge in [0.15, 0.2) is 0 Å². The van der Waals surface area contributed by atoms with Crippen molar-refractivity contribution in [2.75, 3.05) is 6.54 Å². The molecule has 1 atom stereocenters. The molecule has 2 rings (SSSR count). The van der Waals surface area contributed by atoms with Crippen LogP contribution in [-0.2, 0) is 6.42 Å². The van der Waals surface area contributed by atoms with E-state index in [1.54, 1.807) is 0 Å². The van der Waals surface area contributed by atoms with E-state index in [0.29, 0.717) is 12.5 Å². The van der Waals surface area contributed by atoms with E-state index in [2.05, 4.69) is 23.5 Å². The van der Waals surface area contributed by atoms with Gasteiger partial charge in [0.2, 0.25) is 0 Å². The highest BCUT2D eigenvalue weighted by Crippen LogP contribution is 2.23. The fourth-order valence-corrected chi connectivity index (χ4v) is 1.58. The summed E-state index contributed by atoms with van der Waals surface area (Å²) in [5.74, 6) is 0. The molecule has 2 heteroatoms. The first-order chi connectivity index (χ1) is 6.40. The number of nitrogens with one attached hydrogen (secondary N) is 1. The Morgan fingerprint density at radius 3 is 3.00 bits per heavy atom. The zero-order valence-corrected chi connectivity index (χ0v) is 7.46. The molecule has 1 heterocycles. The lowest BCUT2D eigenvalue weighted by Crippen LogP contribution is -2.34. The Bertz CT molecular complexity index is 334. The smallest absolute Gasteiger partial charge is 0.0669 e. The molecule has 0 unspecified atom stereocenters. The number of benzene rings is 1. The van der Waals surface area contributed by atoms with Gasteiger partial charge in [-0.1, -0.05) is 24.3 Å². The number of hydrogen-bond donors (Lipinski definition) is 1. The van der Waals surface area contributed by atoms with Crippen LogP contribution in [0.25, 0.3) is 0 Å². The van der Waals surface area contributed by atoms with Crippen molar-refractivity contribution in [3.05, 3.63) is 35.4 Å². The number of nitrogens with zero attached hydrogens (tertiary/aromatic N) is 1. The van der Waals surface area contributed by atoms with Crippen LogP contribution in [0.4, 0.5) is 0 Å². The summed E-state index contributed by atoms with van der Waals surface area (Å²) in [5, 5.41) is 11.9. The third-order valence-electron chi connectivity index (χ3n) is 2.46. The van der Waals surface area contributed by atoms with Crippen LogP contribution in [0.15, 0.2) is 24.3 Å². The van der Waals surface area contributed by atoms with Gasteiger partial charge in [-0.3, -0.25) is 0 Å². The maximum atomic E-state index is 8.55. The SMILES string of the molecule is N#CCc1cccc([C@H]2CCN2)c1. The van der Waals surface area contributed by atoms with E-state index >= 15 is 0 Å². The number of nitriles is 1. The van der Waals surface area contributed by atoms with E-state index in [1.165, 1.54) is 12.0 Å². The maximum Gasteiger partial charge on any atom is 0.0669 e. The highest BCUT2D eigenvalue weighted by molar-refractivity contribution is 5.28. The van der Waals surface area contributed by atoms with Crippen molar-refractivity contribution >= 4 is 0 Å². The fraction of sp³-hybridized carbons (Fsp3) is 0.364. The van der Waals surface area contributed by atoms with E-state index in [4.69, 9.17) is 5.26 Å². The molecule has 0 aliphatic carbocycles. The molecule has 2 nitrogen and oxygen atoms in total. The van der Waals surface area contributed by atoms with Gasteiger partial charge in [-0.05, 0) is 24.1 Å². The minimum atomic E-state index is 0.514. The average Bonchev–Trinajstić information content (AvgIpc) is 2.02. The zero-order chi connectivity index (χ0) is 9.10. The van der Waals surface area contributed by atoms with Crippen molar-refractivity contribution in [1.29, 1.82) is 5.26 Å². The Morgan fingerprint density at radius 2 is 2.38 bits per heavy atom. The lowest BCUT2D eigenvalue weighted by atomic mass is 9.96. The van der Waals surface area contributed by atoms with Gasteiger partial charge in [0.05, 0.1) is 12.5 Å². The molecule has 0 saturated carbocycles. The molecule has 13 heavy (non-hydrogen) atoms.